The topological polar surface area (TPSA) is 58.2 Å². The van der Waals surface area contributed by atoms with Crippen LogP contribution in [0.4, 0.5) is 0 Å². The molecule has 160 valence electrons. The molecule has 2 aromatic carbocycles. The number of hydrogen-bond donors (Lipinski definition) is 0. The van der Waals surface area contributed by atoms with Gasteiger partial charge in [-0.2, -0.15) is 5.10 Å². The van der Waals surface area contributed by atoms with E-state index >= 15 is 0 Å². The van der Waals surface area contributed by atoms with Crippen LogP contribution in [-0.4, -0.2) is 22.2 Å². The number of allylic oxidation sites excluding steroid dienone is 1. The first kappa shape index (κ1) is 22.0. The Bertz CT molecular complexity index is 1200. The SMILES string of the molecule is CC(/C=N/N=C1\S/C(=C\c2ccc(Br)cc2)C(=O)N1Cc1ccco1)=C\c1ccccc1. The van der Waals surface area contributed by atoms with Gasteiger partial charge in [0.05, 0.1) is 23.9 Å². The summed E-state index contributed by atoms with van der Waals surface area (Å²) in [6.45, 7) is 2.26. The van der Waals surface area contributed by atoms with Crippen LogP contribution in [-0.2, 0) is 11.3 Å². The summed E-state index contributed by atoms with van der Waals surface area (Å²) in [7, 11) is 0. The molecule has 4 rings (SSSR count). The number of halogens is 1. The molecule has 1 aliphatic rings. The van der Waals surface area contributed by atoms with E-state index in [0.29, 0.717) is 22.4 Å². The summed E-state index contributed by atoms with van der Waals surface area (Å²) in [6, 6.07) is 21.4. The van der Waals surface area contributed by atoms with Gasteiger partial charge in [0.25, 0.3) is 5.91 Å². The molecule has 0 atom stereocenters. The summed E-state index contributed by atoms with van der Waals surface area (Å²) in [4.78, 5) is 15.3. The zero-order valence-electron chi connectivity index (χ0n) is 17.3. The van der Waals surface area contributed by atoms with Gasteiger partial charge in [-0.1, -0.05) is 64.5 Å². The Morgan fingerprint density at radius 3 is 2.56 bits per heavy atom. The summed E-state index contributed by atoms with van der Waals surface area (Å²) in [5.74, 6) is 0.556. The Hall–Kier alpha value is -3.16. The predicted octanol–water partition coefficient (Wildman–Crippen LogP) is 6.60. The standard InChI is InChI=1S/C25H20BrN3O2S/c1-18(14-19-6-3-2-4-7-19)16-27-28-25-29(17-22-8-5-13-31-22)24(30)23(32-25)15-20-9-11-21(26)12-10-20/h2-16H,17H2,1H3/b18-14+,23-15-,27-16+,28-25-. The van der Waals surface area contributed by atoms with Crippen molar-refractivity contribution in [2.24, 2.45) is 10.2 Å². The lowest BCUT2D eigenvalue weighted by Crippen LogP contribution is -2.28. The molecule has 0 spiro atoms. The van der Waals surface area contributed by atoms with Crippen molar-refractivity contribution in [1.29, 1.82) is 0 Å². The Balaban J connectivity index is 1.58. The predicted molar refractivity (Wildman–Crippen MR) is 135 cm³/mol. The number of hydrogen-bond acceptors (Lipinski definition) is 5. The molecule has 0 aliphatic carbocycles. The molecule has 1 aliphatic heterocycles. The Kier molecular flexibility index (Phi) is 7.19. The average Bonchev–Trinajstić information content (AvgIpc) is 3.40. The number of amides is 1. The number of carbonyl (C=O) groups is 1. The van der Waals surface area contributed by atoms with Crippen molar-refractivity contribution in [3.05, 3.63) is 105 Å². The van der Waals surface area contributed by atoms with Crippen LogP contribution in [0.5, 0.6) is 0 Å². The number of thioether (sulfide) groups is 1. The van der Waals surface area contributed by atoms with Crippen molar-refractivity contribution >= 4 is 57.1 Å². The molecule has 5 nitrogen and oxygen atoms in total. The number of amidine groups is 1. The maximum absolute atomic E-state index is 13.1. The minimum Gasteiger partial charge on any atom is -0.467 e. The van der Waals surface area contributed by atoms with Crippen LogP contribution >= 0.6 is 27.7 Å². The van der Waals surface area contributed by atoms with Gasteiger partial charge >= 0.3 is 0 Å². The summed E-state index contributed by atoms with van der Waals surface area (Å²) < 4.78 is 6.42. The zero-order chi connectivity index (χ0) is 22.3. The second-order valence-electron chi connectivity index (χ2n) is 7.06. The fourth-order valence-corrected chi connectivity index (χ4v) is 4.21. The number of furan rings is 1. The van der Waals surface area contributed by atoms with Gasteiger partial charge in [-0.25, -0.2) is 0 Å². The highest BCUT2D eigenvalue weighted by atomic mass is 79.9. The largest absolute Gasteiger partial charge is 0.467 e. The fraction of sp³-hybridized carbons (Fsp3) is 0.0800. The van der Waals surface area contributed by atoms with Crippen LogP contribution in [0.25, 0.3) is 12.2 Å². The minimum atomic E-state index is -0.125. The Morgan fingerprint density at radius 2 is 1.84 bits per heavy atom. The average molecular weight is 506 g/mol. The van der Waals surface area contributed by atoms with Crippen LogP contribution < -0.4 is 0 Å². The van der Waals surface area contributed by atoms with Crippen molar-refractivity contribution in [3.63, 3.8) is 0 Å². The number of carbonyl (C=O) groups excluding carboxylic acids is 1. The number of nitrogens with zero attached hydrogens (tertiary/aromatic N) is 3. The van der Waals surface area contributed by atoms with E-state index < -0.39 is 0 Å². The van der Waals surface area contributed by atoms with Gasteiger partial charge in [-0.3, -0.25) is 9.69 Å². The van der Waals surface area contributed by atoms with Gasteiger partial charge in [0.1, 0.15) is 5.76 Å². The summed E-state index contributed by atoms with van der Waals surface area (Å²) >= 11 is 4.74. The van der Waals surface area contributed by atoms with E-state index in [-0.39, 0.29) is 5.91 Å². The molecule has 1 amide bonds. The Morgan fingerprint density at radius 1 is 1.06 bits per heavy atom. The molecule has 1 saturated heterocycles. The molecule has 0 bridgehead atoms. The minimum absolute atomic E-state index is 0.125. The van der Waals surface area contributed by atoms with Crippen molar-refractivity contribution in [3.8, 4) is 0 Å². The van der Waals surface area contributed by atoms with Crippen molar-refractivity contribution in [2.75, 3.05) is 0 Å². The third-order valence-electron chi connectivity index (χ3n) is 4.55. The van der Waals surface area contributed by atoms with E-state index in [0.717, 1.165) is 21.2 Å². The van der Waals surface area contributed by atoms with Crippen LogP contribution in [0.1, 0.15) is 23.8 Å². The first-order valence-electron chi connectivity index (χ1n) is 9.92. The third kappa shape index (κ3) is 5.75. The van der Waals surface area contributed by atoms with Gasteiger partial charge in [0, 0.05) is 4.47 Å². The van der Waals surface area contributed by atoms with Gasteiger partial charge in [-0.15, -0.1) is 5.10 Å². The summed E-state index contributed by atoms with van der Waals surface area (Å²) in [6.07, 6.45) is 7.17. The van der Waals surface area contributed by atoms with E-state index in [2.05, 4.69) is 26.1 Å². The molecule has 0 unspecified atom stereocenters. The van der Waals surface area contributed by atoms with Crippen molar-refractivity contribution in [1.82, 2.24) is 4.90 Å². The van der Waals surface area contributed by atoms with E-state index in [1.165, 1.54) is 11.8 Å². The van der Waals surface area contributed by atoms with E-state index in [4.69, 9.17) is 4.42 Å². The smallest absolute Gasteiger partial charge is 0.267 e. The van der Waals surface area contributed by atoms with Crippen molar-refractivity contribution < 1.29 is 9.21 Å². The maximum Gasteiger partial charge on any atom is 0.267 e. The number of rotatable bonds is 6. The van der Waals surface area contributed by atoms with E-state index in [1.807, 2.05) is 79.7 Å². The monoisotopic (exact) mass is 505 g/mol. The van der Waals surface area contributed by atoms with Crippen LogP contribution in [0, 0.1) is 0 Å². The highest BCUT2D eigenvalue weighted by Crippen LogP contribution is 2.34. The highest BCUT2D eigenvalue weighted by Gasteiger charge is 2.34. The molecule has 3 aromatic rings. The first-order chi connectivity index (χ1) is 15.6. The molecule has 1 fully saturated rings. The van der Waals surface area contributed by atoms with Crippen LogP contribution in [0.2, 0.25) is 0 Å². The maximum atomic E-state index is 13.1. The van der Waals surface area contributed by atoms with Crippen LogP contribution in [0.3, 0.4) is 0 Å². The molecular formula is C25H20BrN3O2S. The van der Waals surface area contributed by atoms with Gasteiger partial charge in [0.2, 0.25) is 0 Å². The molecule has 0 radical (unpaired) electrons. The lowest BCUT2D eigenvalue weighted by atomic mass is 10.1. The normalized spacial score (nSPS) is 17.2. The molecule has 2 heterocycles. The second kappa shape index (κ2) is 10.4. The van der Waals surface area contributed by atoms with Gasteiger partial charge in [0.15, 0.2) is 5.17 Å². The van der Waals surface area contributed by atoms with Crippen molar-refractivity contribution in [2.45, 2.75) is 13.5 Å². The molecule has 0 saturated carbocycles. The summed E-state index contributed by atoms with van der Waals surface area (Å²) in [5.41, 5.74) is 2.99. The highest BCUT2D eigenvalue weighted by molar-refractivity contribution is 9.10. The number of benzene rings is 2. The molecule has 0 N–H and O–H groups in total. The molecule has 1 aromatic heterocycles. The molecule has 32 heavy (non-hydrogen) atoms. The molecule has 7 heteroatoms. The lowest BCUT2D eigenvalue weighted by molar-refractivity contribution is -0.122. The third-order valence-corrected chi connectivity index (χ3v) is 6.07. The van der Waals surface area contributed by atoms with Crippen LogP contribution in [0.15, 0.2) is 103 Å². The van der Waals surface area contributed by atoms with Gasteiger partial charge in [-0.05, 0) is 65.7 Å². The molecular weight excluding hydrogens is 486 g/mol. The quantitative estimate of drug-likeness (QED) is 0.215. The second-order valence-corrected chi connectivity index (χ2v) is 8.98. The Labute approximate surface area is 199 Å². The fourth-order valence-electron chi connectivity index (χ4n) is 3.01. The summed E-state index contributed by atoms with van der Waals surface area (Å²) in [5, 5.41) is 9.09. The first-order valence-corrected chi connectivity index (χ1v) is 11.5. The van der Waals surface area contributed by atoms with E-state index in [1.54, 1.807) is 23.4 Å². The van der Waals surface area contributed by atoms with Gasteiger partial charge < -0.3 is 4.42 Å². The lowest BCUT2D eigenvalue weighted by Gasteiger charge is -2.12. The van der Waals surface area contributed by atoms with E-state index in [9.17, 15) is 4.79 Å². The zero-order valence-corrected chi connectivity index (χ0v) is 19.7.